The topological polar surface area (TPSA) is 106 Å². The second-order valence-corrected chi connectivity index (χ2v) is 13.0. The molecule has 8 nitrogen and oxygen atoms in total. The lowest BCUT2D eigenvalue weighted by Gasteiger charge is -2.40. The van der Waals surface area contributed by atoms with Gasteiger partial charge in [-0.2, -0.15) is 0 Å². The zero-order valence-electron chi connectivity index (χ0n) is 23.0. The lowest BCUT2D eigenvalue weighted by atomic mass is 9.86. The summed E-state index contributed by atoms with van der Waals surface area (Å²) < 4.78 is 29.7. The Morgan fingerprint density at radius 1 is 1.10 bits per heavy atom. The molecule has 1 aliphatic carbocycles. The van der Waals surface area contributed by atoms with E-state index in [1.54, 1.807) is 6.07 Å². The van der Waals surface area contributed by atoms with Crippen molar-refractivity contribution in [2.45, 2.75) is 115 Å². The zero-order chi connectivity index (χ0) is 27.9. The van der Waals surface area contributed by atoms with E-state index in [4.69, 9.17) is 5.73 Å². The van der Waals surface area contributed by atoms with Gasteiger partial charge in [0.2, 0.25) is 11.8 Å². The highest BCUT2D eigenvalue weighted by Crippen LogP contribution is 2.43. The average Bonchev–Trinajstić information content (AvgIpc) is 3.58. The van der Waals surface area contributed by atoms with E-state index in [1.165, 1.54) is 11.3 Å². The summed E-state index contributed by atoms with van der Waals surface area (Å²) in [5.74, 6) is -1.40. The number of carbonyl (C=O) groups is 2. The van der Waals surface area contributed by atoms with Crippen molar-refractivity contribution < 1.29 is 18.4 Å². The number of piperidine rings is 1. The first-order chi connectivity index (χ1) is 18.5. The van der Waals surface area contributed by atoms with E-state index in [-0.39, 0.29) is 37.6 Å². The van der Waals surface area contributed by atoms with Crippen LogP contribution in [0, 0.1) is 12.8 Å². The molecule has 3 N–H and O–H groups in total. The number of aromatic nitrogens is 3. The monoisotopic (exact) mass is 562 g/mol. The molecule has 1 saturated carbocycles. The van der Waals surface area contributed by atoms with Gasteiger partial charge in [-0.3, -0.25) is 14.5 Å². The van der Waals surface area contributed by atoms with Crippen LogP contribution in [0.4, 0.5) is 8.78 Å². The van der Waals surface area contributed by atoms with Crippen molar-refractivity contribution in [3.63, 3.8) is 0 Å². The summed E-state index contributed by atoms with van der Waals surface area (Å²) in [4.78, 5) is 28.8. The van der Waals surface area contributed by atoms with E-state index in [0.29, 0.717) is 35.3 Å². The molecule has 2 aromatic rings. The van der Waals surface area contributed by atoms with Crippen molar-refractivity contribution in [2.75, 3.05) is 6.54 Å². The standard InChI is InChI=1S/C28H40F2N6O2S/c1-16(2)26-34-33-17(3)36(26)21-14-19-4-5-20(15-21)35(19)13-10-22(23-6-7-24(39-23)25(31)37)32-27(38)18-8-11-28(29,30)12-9-18/h6-7,16,18-22H,4-5,8-15H2,1-3H3,(H2,31,37)(H,32,38)/t19-,20+,21-,22-/m0/s1. The molecule has 0 radical (unpaired) electrons. The summed E-state index contributed by atoms with van der Waals surface area (Å²) >= 11 is 1.30. The van der Waals surface area contributed by atoms with E-state index < -0.39 is 17.7 Å². The molecule has 5 rings (SSSR count). The van der Waals surface area contributed by atoms with Crippen LogP contribution in [-0.2, 0) is 4.79 Å². The van der Waals surface area contributed by atoms with Gasteiger partial charge in [0.25, 0.3) is 5.91 Å². The molecule has 4 atom stereocenters. The molecule has 2 aliphatic heterocycles. The van der Waals surface area contributed by atoms with Gasteiger partial charge in [0.1, 0.15) is 11.6 Å². The third kappa shape index (κ3) is 6.04. The van der Waals surface area contributed by atoms with Crippen molar-refractivity contribution in [1.29, 1.82) is 0 Å². The molecule has 4 heterocycles. The summed E-state index contributed by atoms with van der Waals surface area (Å²) in [6, 6.07) is 4.57. The van der Waals surface area contributed by atoms with Gasteiger partial charge in [-0.1, -0.05) is 13.8 Å². The molecule has 11 heteroatoms. The van der Waals surface area contributed by atoms with Crippen LogP contribution in [0.1, 0.15) is 116 Å². The molecule has 3 aliphatic rings. The molecule has 0 aromatic carbocycles. The summed E-state index contributed by atoms with van der Waals surface area (Å²) in [5, 5.41) is 12.0. The Labute approximate surface area is 232 Å². The number of fused-ring (bicyclic) bond motifs is 2. The SMILES string of the molecule is Cc1nnc(C(C)C)n1[C@@H]1C[C@H]2CC[C@@H](C1)N2CC[C@H](NC(=O)C1CCC(F)(F)CC1)c1ccc(C(N)=O)s1. The van der Waals surface area contributed by atoms with E-state index in [1.807, 2.05) is 13.0 Å². The van der Waals surface area contributed by atoms with Crippen molar-refractivity contribution in [2.24, 2.45) is 11.7 Å². The van der Waals surface area contributed by atoms with Crippen molar-refractivity contribution in [3.8, 4) is 0 Å². The van der Waals surface area contributed by atoms with Crippen LogP contribution >= 0.6 is 11.3 Å². The highest BCUT2D eigenvalue weighted by atomic mass is 32.1. The van der Waals surface area contributed by atoms with Gasteiger partial charge in [-0.25, -0.2) is 8.78 Å². The first-order valence-electron chi connectivity index (χ1n) is 14.3. The maximum absolute atomic E-state index is 13.7. The van der Waals surface area contributed by atoms with Gasteiger partial charge >= 0.3 is 0 Å². The quantitative estimate of drug-likeness (QED) is 0.442. The third-order valence-corrected chi connectivity index (χ3v) is 10.1. The average molecular weight is 563 g/mol. The Balaban J connectivity index is 1.27. The first kappa shape index (κ1) is 28.1. The van der Waals surface area contributed by atoms with Crippen LogP contribution in [0.2, 0.25) is 0 Å². The zero-order valence-corrected chi connectivity index (χ0v) is 23.9. The lowest BCUT2D eigenvalue weighted by Crippen LogP contribution is -2.45. The number of hydrogen-bond donors (Lipinski definition) is 2. The van der Waals surface area contributed by atoms with Crippen LogP contribution in [0.5, 0.6) is 0 Å². The second-order valence-electron chi connectivity index (χ2n) is 11.9. The number of hydrogen-bond acceptors (Lipinski definition) is 6. The number of nitrogens with two attached hydrogens (primary N) is 1. The lowest BCUT2D eigenvalue weighted by molar-refractivity contribution is -0.130. The van der Waals surface area contributed by atoms with Gasteiger partial charge in [0.05, 0.1) is 10.9 Å². The number of rotatable bonds is 9. The molecule has 0 unspecified atom stereocenters. The number of alkyl halides is 2. The summed E-state index contributed by atoms with van der Waals surface area (Å²) in [5.41, 5.74) is 5.49. The van der Waals surface area contributed by atoms with E-state index in [0.717, 1.165) is 48.8 Å². The largest absolute Gasteiger partial charge is 0.365 e. The Hall–Kier alpha value is -2.40. The first-order valence-corrected chi connectivity index (χ1v) is 15.1. The maximum atomic E-state index is 13.7. The molecule has 2 aromatic heterocycles. The van der Waals surface area contributed by atoms with Crippen molar-refractivity contribution in [1.82, 2.24) is 25.0 Å². The fraction of sp³-hybridized carbons (Fsp3) is 0.714. The van der Waals surface area contributed by atoms with Gasteiger partial charge in [0.15, 0.2) is 0 Å². The molecule has 0 spiro atoms. The number of nitrogens with zero attached hydrogens (tertiary/aromatic N) is 4. The van der Waals surface area contributed by atoms with Crippen molar-refractivity contribution >= 4 is 23.2 Å². The predicted octanol–water partition coefficient (Wildman–Crippen LogP) is 5.11. The van der Waals surface area contributed by atoms with E-state index in [9.17, 15) is 18.4 Å². The number of nitrogens with one attached hydrogen (secondary N) is 1. The van der Waals surface area contributed by atoms with Gasteiger partial charge < -0.3 is 15.6 Å². The third-order valence-electron chi connectivity index (χ3n) is 8.93. The smallest absolute Gasteiger partial charge is 0.258 e. The Bertz CT molecular complexity index is 1170. The molecule has 214 valence electrons. The number of amides is 2. The number of carbonyl (C=O) groups excluding carboxylic acids is 2. The number of aryl methyl sites for hydroxylation is 1. The van der Waals surface area contributed by atoms with Gasteiger partial charge in [-0.15, -0.1) is 21.5 Å². The molecular weight excluding hydrogens is 522 g/mol. The minimum atomic E-state index is -2.67. The Kier molecular flexibility index (Phi) is 8.10. The Morgan fingerprint density at radius 2 is 1.77 bits per heavy atom. The highest BCUT2D eigenvalue weighted by Gasteiger charge is 2.43. The van der Waals surface area contributed by atoms with Crippen LogP contribution in [-0.4, -0.2) is 56.0 Å². The highest BCUT2D eigenvalue weighted by molar-refractivity contribution is 7.14. The summed E-state index contributed by atoms with van der Waals surface area (Å²) in [7, 11) is 0. The second kappa shape index (κ2) is 11.2. The van der Waals surface area contributed by atoms with Gasteiger partial charge in [0, 0.05) is 54.2 Å². The summed E-state index contributed by atoms with van der Waals surface area (Å²) in [6.07, 6.45) is 4.98. The number of thiophene rings is 1. The predicted molar refractivity (Wildman–Crippen MR) is 146 cm³/mol. The van der Waals surface area contributed by atoms with E-state index in [2.05, 4.69) is 38.8 Å². The van der Waals surface area contributed by atoms with E-state index >= 15 is 0 Å². The molecule has 39 heavy (non-hydrogen) atoms. The normalized spacial score (nSPS) is 26.2. The molecule has 2 amide bonds. The number of halogens is 2. The maximum Gasteiger partial charge on any atom is 0.258 e. The molecule has 3 fully saturated rings. The fourth-order valence-electron chi connectivity index (χ4n) is 6.88. The summed E-state index contributed by atoms with van der Waals surface area (Å²) in [6.45, 7) is 7.17. The van der Waals surface area contributed by atoms with Crippen LogP contribution < -0.4 is 11.1 Å². The number of primary amides is 1. The van der Waals surface area contributed by atoms with Crippen LogP contribution in [0.3, 0.4) is 0 Å². The fourth-order valence-corrected chi connectivity index (χ4v) is 7.83. The van der Waals surface area contributed by atoms with Crippen LogP contribution in [0.25, 0.3) is 0 Å². The minimum Gasteiger partial charge on any atom is -0.365 e. The molecule has 2 saturated heterocycles. The van der Waals surface area contributed by atoms with Crippen molar-refractivity contribution in [3.05, 3.63) is 33.5 Å². The van der Waals surface area contributed by atoms with Gasteiger partial charge in [-0.05, 0) is 64.0 Å². The minimum absolute atomic E-state index is 0.171. The van der Waals surface area contributed by atoms with Crippen LogP contribution in [0.15, 0.2) is 12.1 Å². The molecular formula is C28H40F2N6O2S. The molecule has 2 bridgehead atoms. The Morgan fingerprint density at radius 3 is 2.36 bits per heavy atom.